The molecule has 1 aromatic carbocycles. The van der Waals surface area contributed by atoms with Crippen molar-refractivity contribution in [3.05, 3.63) is 69.6 Å². The van der Waals surface area contributed by atoms with Crippen molar-refractivity contribution in [3.8, 4) is 11.1 Å². The van der Waals surface area contributed by atoms with Crippen LogP contribution in [0, 0.1) is 12.8 Å². The minimum absolute atomic E-state index is 0.151. The average Bonchev–Trinajstić information content (AvgIpc) is 3.26. The van der Waals surface area contributed by atoms with Gasteiger partial charge in [0.15, 0.2) is 5.13 Å². The Morgan fingerprint density at radius 2 is 2.00 bits per heavy atom. The molecule has 0 bridgehead atoms. The van der Waals surface area contributed by atoms with E-state index in [2.05, 4.69) is 15.3 Å². The number of rotatable bonds is 6. The maximum Gasteiger partial charge on any atom is 0.252 e. The maximum absolute atomic E-state index is 13.4. The molecule has 30 heavy (non-hydrogen) atoms. The number of aromatic amines is 1. The van der Waals surface area contributed by atoms with E-state index in [-0.39, 0.29) is 11.5 Å². The zero-order chi connectivity index (χ0) is 20.9. The van der Waals surface area contributed by atoms with E-state index in [1.807, 2.05) is 48.7 Å². The molecule has 1 amide bonds. The molecule has 0 spiro atoms. The third kappa shape index (κ3) is 4.70. The van der Waals surface area contributed by atoms with Crippen LogP contribution in [-0.2, 0) is 4.79 Å². The lowest BCUT2D eigenvalue weighted by Gasteiger charge is -2.27. The summed E-state index contributed by atoms with van der Waals surface area (Å²) in [5, 5.41) is 5.35. The molecule has 1 saturated carbocycles. The zero-order valence-corrected chi connectivity index (χ0v) is 18.0. The third-order valence-electron chi connectivity index (χ3n) is 5.91. The van der Waals surface area contributed by atoms with Gasteiger partial charge in [0.1, 0.15) is 0 Å². The second kappa shape index (κ2) is 9.39. The Labute approximate surface area is 180 Å². The van der Waals surface area contributed by atoms with Gasteiger partial charge in [0.2, 0.25) is 5.91 Å². The average molecular weight is 422 g/mol. The first-order valence-electron chi connectivity index (χ1n) is 10.6. The molecule has 1 aliphatic carbocycles. The summed E-state index contributed by atoms with van der Waals surface area (Å²) in [5.41, 5.74) is 2.97. The van der Waals surface area contributed by atoms with Crippen LogP contribution in [0.25, 0.3) is 11.1 Å². The van der Waals surface area contributed by atoms with E-state index in [4.69, 9.17) is 0 Å². The Balaban J connectivity index is 1.77. The van der Waals surface area contributed by atoms with Gasteiger partial charge in [0.05, 0.1) is 5.92 Å². The lowest BCUT2D eigenvalue weighted by molar-refractivity contribution is -0.118. The number of benzene rings is 1. The van der Waals surface area contributed by atoms with Crippen molar-refractivity contribution in [1.29, 1.82) is 0 Å². The van der Waals surface area contributed by atoms with Crippen LogP contribution in [0.15, 0.2) is 52.8 Å². The van der Waals surface area contributed by atoms with Crippen LogP contribution in [0.3, 0.4) is 0 Å². The highest BCUT2D eigenvalue weighted by Crippen LogP contribution is 2.36. The van der Waals surface area contributed by atoms with Gasteiger partial charge in [-0.2, -0.15) is 0 Å². The van der Waals surface area contributed by atoms with Gasteiger partial charge >= 0.3 is 0 Å². The summed E-state index contributed by atoms with van der Waals surface area (Å²) in [6.07, 6.45) is 8.24. The highest BCUT2D eigenvalue weighted by Gasteiger charge is 2.31. The molecule has 0 unspecified atom stereocenters. The van der Waals surface area contributed by atoms with Gasteiger partial charge in [-0.15, -0.1) is 11.3 Å². The fraction of sp³-hybridized carbons (Fsp3) is 0.375. The van der Waals surface area contributed by atoms with Gasteiger partial charge in [-0.3, -0.25) is 9.59 Å². The maximum atomic E-state index is 13.4. The molecule has 2 N–H and O–H groups in total. The minimum atomic E-state index is -0.517. The number of anilines is 1. The molecule has 4 rings (SSSR count). The van der Waals surface area contributed by atoms with Crippen LogP contribution in [0.1, 0.15) is 55.7 Å². The minimum Gasteiger partial charge on any atom is -0.326 e. The summed E-state index contributed by atoms with van der Waals surface area (Å²) in [5.74, 6) is -0.214. The number of carbonyl (C=O) groups is 1. The summed E-state index contributed by atoms with van der Waals surface area (Å²) >= 11 is 1.39. The molecule has 1 fully saturated rings. The van der Waals surface area contributed by atoms with Crippen LogP contribution >= 0.6 is 11.3 Å². The van der Waals surface area contributed by atoms with Crippen molar-refractivity contribution >= 4 is 22.4 Å². The van der Waals surface area contributed by atoms with Gasteiger partial charge in [-0.1, -0.05) is 62.4 Å². The fourth-order valence-corrected chi connectivity index (χ4v) is 5.02. The fourth-order valence-electron chi connectivity index (χ4n) is 4.49. The standard InChI is InChI=1S/C24H27N3O2S/c1-16-14-19(18-10-6-3-7-11-18)21(23(29)26-16)20(15-17-8-4-2-5-9-17)22(28)27-24-25-12-13-30-24/h3,6-7,10-14,17,20H,2,4-5,8-9,15H2,1H3,(H,26,29)(H,25,27,28)/t20-/m0/s1. The SMILES string of the molecule is Cc1cc(-c2ccccc2)c([C@H](CC2CCCCC2)C(=O)Nc2nccs2)c(=O)[nH]1. The first-order chi connectivity index (χ1) is 14.6. The molecule has 0 radical (unpaired) electrons. The number of pyridine rings is 1. The molecule has 1 atom stereocenters. The molecule has 5 nitrogen and oxygen atoms in total. The Morgan fingerprint density at radius 3 is 2.70 bits per heavy atom. The summed E-state index contributed by atoms with van der Waals surface area (Å²) in [6.45, 7) is 1.88. The van der Waals surface area contributed by atoms with Crippen molar-refractivity contribution in [2.24, 2.45) is 5.92 Å². The van der Waals surface area contributed by atoms with Gasteiger partial charge < -0.3 is 10.3 Å². The molecule has 1 aliphatic rings. The van der Waals surface area contributed by atoms with Crippen LogP contribution in [-0.4, -0.2) is 15.9 Å². The smallest absolute Gasteiger partial charge is 0.252 e. The van der Waals surface area contributed by atoms with E-state index in [0.717, 1.165) is 29.7 Å². The lowest BCUT2D eigenvalue weighted by Crippen LogP contribution is -2.30. The predicted molar refractivity (Wildman–Crippen MR) is 122 cm³/mol. The Hall–Kier alpha value is -2.73. The number of H-pyrrole nitrogens is 1. The monoisotopic (exact) mass is 421 g/mol. The number of aryl methyl sites for hydroxylation is 1. The van der Waals surface area contributed by atoms with E-state index in [0.29, 0.717) is 23.0 Å². The van der Waals surface area contributed by atoms with Crippen molar-refractivity contribution in [2.45, 2.75) is 51.4 Å². The van der Waals surface area contributed by atoms with Gasteiger partial charge in [0, 0.05) is 22.8 Å². The number of hydrogen-bond acceptors (Lipinski definition) is 4. The van der Waals surface area contributed by atoms with Gasteiger partial charge in [-0.05, 0) is 36.5 Å². The largest absolute Gasteiger partial charge is 0.326 e. The molecule has 2 heterocycles. The van der Waals surface area contributed by atoms with E-state index in [1.54, 1.807) is 6.20 Å². The molecular formula is C24H27N3O2S. The zero-order valence-electron chi connectivity index (χ0n) is 17.2. The highest BCUT2D eigenvalue weighted by molar-refractivity contribution is 7.13. The van der Waals surface area contributed by atoms with Crippen molar-refractivity contribution in [1.82, 2.24) is 9.97 Å². The molecule has 3 aromatic rings. The number of nitrogens with one attached hydrogen (secondary N) is 2. The summed E-state index contributed by atoms with van der Waals surface area (Å²) in [4.78, 5) is 33.7. The normalized spacial score (nSPS) is 15.6. The van der Waals surface area contributed by atoms with Crippen LogP contribution in [0.4, 0.5) is 5.13 Å². The summed E-state index contributed by atoms with van der Waals surface area (Å²) < 4.78 is 0. The van der Waals surface area contributed by atoms with Crippen LogP contribution < -0.4 is 10.9 Å². The van der Waals surface area contributed by atoms with Crippen LogP contribution in [0.5, 0.6) is 0 Å². The van der Waals surface area contributed by atoms with Crippen molar-refractivity contribution in [3.63, 3.8) is 0 Å². The summed E-state index contributed by atoms with van der Waals surface area (Å²) in [6, 6.07) is 11.8. The van der Waals surface area contributed by atoms with Gasteiger partial charge in [-0.25, -0.2) is 4.98 Å². The molecule has 2 aromatic heterocycles. The Bertz CT molecular complexity index is 1040. The molecular weight excluding hydrogens is 394 g/mol. The first kappa shape index (κ1) is 20.5. The Kier molecular flexibility index (Phi) is 6.43. The van der Waals surface area contributed by atoms with Crippen molar-refractivity contribution < 1.29 is 4.79 Å². The van der Waals surface area contributed by atoms with E-state index < -0.39 is 5.92 Å². The molecule has 0 aliphatic heterocycles. The summed E-state index contributed by atoms with van der Waals surface area (Å²) in [7, 11) is 0. The van der Waals surface area contributed by atoms with Gasteiger partial charge in [0.25, 0.3) is 5.56 Å². The predicted octanol–water partition coefficient (Wildman–Crippen LogP) is 5.50. The van der Waals surface area contributed by atoms with Crippen molar-refractivity contribution in [2.75, 3.05) is 5.32 Å². The molecule has 0 saturated heterocycles. The topological polar surface area (TPSA) is 74.8 Å². The number of aromatic nitrogens is 2. The van der Waals surface area contributed by atoms with Crippen LogP contribution in [0.2, 0.25) is 0 Å². The van der Waals surface area contributed by atoms with E-state index in [1.165, 1.54) is 30.6 Å². The van der Waals surface area contributed by atoms with E-state index >= 15 is 0 Å². The number of carbonyl (C=O) groups excluding carboxylic acids is 1. The second-order valence-corrected chi connectivity index (χ2v) is 8.99. The number of amides is 1. The lowest BCUT2D eigenvalue weighted by atomic mass is 9.79. The third-order valence-corrected chi connectivity index (χ3v) is 6.60. The Morgan fingerprint density at radius 1 is 1.23 bits per heavy atom. The highest BCUT2D eigenvalue weighted by atomic mass is 32.1. The first-order valence-corrected chi connectivity index (χ1v) is 11.5. The second-order valence-electron chi connectivity index (χ2n) is 8.09. The quantitative estimate of drug-likeness (QED) is 0.552. The number of nitrogens with zero attached hydrogens (tertiary/aromatic N) is 1. The molecule has 156 valence electrons. The van der Waals surface area contributed by atoms with E-state index in [9.17, 15) is 9.59 Å². The molecule has 6 heteroatoms. The number of thiazole rings is 1. The number of hydrogen-bond donors (Lipinski definition) is 2.